The van der Waals surface area contributed by atoms with E-state index in [4.69, 9.17) is 0 Å². The zero-order valence-corrected chi connectivity index (χ0v) is 12.6. The third-order valence-corrected chi connectivity index (χ3v) is 3.61. The maximum atomic E-state index is 12.8. The lowest BCUT2D eigenvalue weighted by Crippen LogP contribution is -2.40. The van der Waals surface area contributed by atoms with E-state index in [2.05, 4.69) is 28.8 Å². The maximum absolute atomic E-state index is 12.8. The van der Waals surface area contributed by atoms with E-state index in [1.54, 1.807) is 12.1 Å². The molecular formula is C14H22FN3S. The van der Waals surface area contributed by atoms with Crippen molar-refractivity contribution in [2.45, 2.75) is 25.6 Å². The van der Waals surface area contributed by atoms with Crippen LogP contribution in [0.3, 0.4) is 0 Å². The van der Waals surface area contributed by atoms with Gasteiger partial charge >= 0.3 is 0 Å². The molecule has 0 aliphatic rings. The van der Waals surface area contributed by atoms with E-state index in [9.17, 15) is 4.39 Å². The van der Waals surface area contributed by atoms with Crippen molar-refractivity contribution in [1.29, 1.82) is 0 Å². The van der Waals surface area contributed by atoms with Gasteiger partial charge in [0.05, 0.1) is 6.54 Å². The molecule has 0 spiro atoms. The average Bonchev–Trinajstić information content (AvgIpc) is 2.43. The zero-order valence-electron chi connectivity index (χ0n) is 11.7. The molecule has 0 aromatic heterocycles. The van der Waals surface area contributed by atoms with E-state index in [1.165, 1.54) is 12.1 Å². The number of guanidine groups is 1. The van der Waals surface area contributed by atoms with Crippen molar-refractivity contribution in [3.63, 3.8) is 0 Å². The minimum absolute atomic E-state index is 0.216. The second-order valence-corrected chi connectivity index (χ2v) is 5.52. The van der Waals surface area contributed by atoms with Gasteiger partial charge in [-0.15, -0.1) is 0 Å². The number of thioether (sulfide) groups is 1. The van der Waals surface area contributed by atoms with Crippen molar-refractivity contribution in [1.82, 2.24) is 10.6 Å². The summed E-state index contributed by atoms with van der Waals surface area (Å²) in [5.41, 5.74) is 0.997. The van der Waals surface area contributed by atoms with Gasteiger partial charge in [0.2, 0.25) is 0 Å². The van der Waals surface area contributed by atoms with Gasteiger partial charge in [0.1, 0.15) is 5.82 Å². The third kappa shape index (κ3) is 6.47. The van der Waals surface area contributed by atoms with E-state index in [0.717, 1.165) is 24.6 Å². The summed E-state index contributed by atoms with van der Waals surface area (Å²) in [4.78, 5) is 4.48. The van der Waals surface area contributed by atoms with Crippen molar-refractivity contribution < 1.29 is 4.39 Å². The van der Waals surface area contributed by atoms with E-state index in [-0.39, 0.29) is 5.82 Å². The predicted octanol–water partition coefficient (Wildman–Crippen LogP) is 2.63. The molecule has 0 saturated carbocycles. The number of aliphatic imine (C=N–C) groups is 1. The van der Waals surface area contributed by atoms with Crippen LogP contribution in [0.25, 0.3) is 0 Å². The first-order valence-electron chi connectivity index (χ1n) is 6.45. The van der Waals surface area contributed by atoms with E-state index >= 15 is 0 Å². The fourth-order valence-electron chi connectivity index (χ4n) is 1.43. The van der Waals surface area contributed by atoms with Crippen molar-refractivity contribution >= 4 is 17.7 Å². The van der Waals surface area contributed by atoms with Crippen molar-refractivity contribution in [2.75, 3.05) is 19.3 Å². The summed E-state index contributed by atoms with van der Waals surface area (Å²) in [6, 6.07) is 6.43. The number of nitrogens with one attached hydrogen (secondary N) is 2. The Hall–Kier alpha value is -1.23. The second-order valence-electron chi connectivity index (χ2n) is 4.25. The minimum atomic E-state index is -0.216. The van der Waals surface area contributed by atoms with E-state index in [1.807, 2.05) is 18.7 Å². The normalized spacial score (nSPS) is 13.2. The van der Waals surface area contributed by atoms with Gasteiger partial charge in [0.25, 0.3) is 0 Å². The molecule has 0 aliphatic heterocycles. The first kappa shape index (κ1) is 15.8. The Morgan fingerprint density at radius 1 is 1.32 bits per heavy atom. The van der Waals surface area contributed by atoms with E-state index in [0.29, 0.717) is 11.8 Å². The number of nitrogens with zero attached hydrogens (tertiary/aromatic N) is 1. The molecule has 1 atom stereocenters. The molecule has 1 unspecified atom stereocenters. The highest BCUT2D eigenvalue weighted by Gasteiger charge is 2.01. The van der Waals surface area contributed by atoms with Crippen LogP contribution in [0.5, 0.6) is 0 Å². The van der Waals surface area contributed by atoms with Gasteiger partial charge in [-0.2, -0.15) is 11.8 Å². The molecular weight excluding hydrogens is 261 g/mol. The molecule has 0 radical (unpaired) electrons. The number of hydrogen-bond acceptors (Lipinski definition) is 2. The quantitative estimate of drug-likeness (QED) is 0.622. The lowest BCUT2D eigenvalue weighted by Gasteiger charge is -2.14. The molecule has 0 aliphatic carbocycles. The molecule has 0 bridgehead atoms. The summed E-state index contributed by atoms with van der Waals surface area (Å²) < 4.78 is 12.8. The van der Waals surface area contributed by atoms with Crippen LogP contribution < -0.4 is 10.6 Å². The molecule has 3 nitrogen and oxygen atoms in total. The Kier molecular flexibility index (Phi) is 7.33. The summed E-state index contributed by atoms with van der Waals surface area (Å²) in [6.45, 7) is 6.44. The highest BCUT2D eigenvalue weighted by atomic mass is 32.2. The number of rotatable bonds is 6. The fraction of sp³-hybridized carbons (Fsp3) is 0.500. The van der Waals surface area contributed by atoms with Crippen LogP contribution in [0.1, 0.15) is 19.4 Å². The first-order valence-corrected chi connectivity index (χ1v) is 7.74. The summed E-state index contributed by atoms with van der Waals surface area (Å²) in [7, 11) is 0. The minimum Gasteiger partial charge on any atom is -0.357 e. The highest BCUT2D eigenvalue weighted by molar-refractivity contribution is 7.99. The summed E-state index contributed by atoms with van der Waals surface area (Å²) in [5.74, 6) is 0.583. The van der Waals surface area contributed by atoms with Crippen LogP contribution in [-0.4, -0.2) is 30.6 Å². The second kappa shape index (κ2) is 8.80. The molecule has 0 fully saturated rings. The van der Waals surface area contributed by atoms with Gasteiger partial charge in [-0.1, -0.05) is 19.1 Å². The Labute approximate surface area is 119 Å². The van der Waals surface area contributed by atoms with E-state index < -0.39 is 0 Å². The summed E-state index contributed by atoms with van der Waals surface area (Å²) in [5, 5.41) is 7.03. The highest BCUT2D eigenvalue weighted by Crippen LogP contribution is 2.04. The first-order chi connectivity index (χ1) is 9.15. The number of halogens is 1. The predicted molar refractivity (Wildman–Crippen MR) is 82.2 cm³/mol. The Morgan fingerprint density at radius 2 is 2.00 bits per heavy atom. The topological polar surface area (TPSA) is 36.4 Å². The Balaban J connectivity index is 2.54. The summed E-state index contributed by atoms with van der Waals surface area (Å²) in [6.07, 6.45) is 2.09. The zero-order chi connectivity index (χ0) is 14.1. The molecule has 19 heavy (non-hydrogen) atoms. The Bertz CT molecular complexity index is 392. The van der Waals surface area contributed by atoms with Gasteiger partial charge in [-0.3, -0.25) is 0 Å². The fourth-order valence-corrected chi connectivity index (χ4v) is 1.68. The van der Waals surface area contributed by atoms with Crippen LogP contribution in [-0.2, 0) is 6.54 Å². The Morgan fingerprint density at radius 3 is 2.58 bits per heavy atom. The van der Waals surface area contributed by atoms with Crippen molar-refractivity contribution in [3.8, 4) is 0 Å². The SMILES string of the molecule is CCNC(=NCc1ccc(F)cc1)NCC(C)SC. The van der Waals surface area contributed by atoms with Gasteiger partial charge < -0.3 is 10.6 Å². The van der Waals surface area contributed by atoms with Crippen LogP contribution in [0.15, 0.2) is 29.3 Å². The number of hydrogen-bond donors (Lipinski definition) is 2. The van der Waals surface area contributed by atoms with Gasteiger partial charge in [-0.05, 0) is 30.9 Å². The summed E-state index contributed by atoms with van der Waals surface area (Å²) >= 11 is 1.81. The molecule has 0 heterocycles. The lowest BCUT2D eigenvalue weighted by molar-refractivity contribution is 0.627. The lowest BCUT2D eigenvalue weighted by atomic mass is 10.2. The smallest absolute Gasteiger partial charge is 0.191 e. The molecule has 1 aromatic carbocycles. The monoisotopic (exact) mass is 283 g/mol. The van der Waals surface area contributed by atoms with Crippen LogP contribution in [0, 0.1) is 5.82 Å². The molecule has 1 aromatic rings. The van der Waals surface area contributed by atoms with Crippen LogP contribution in [0.2, 0.25) is 0 Å². The molecule has 0 saturated heterocycles. The van der Waals surface area contributed by atoms with Gasteiger partial charge in [-0.25, -0.2) is 9.38 Å². The average molecular weight is 283 g/mol. The van der Waals surface area contributed by atoms with Crippen molar-refractivity contribution in [2.24, 2.45) is 4.99 Å². The largest absolute Gasteiger partial charge is 0.357 e. The third-order valence-electron chi connectivity index (χ3n) is 2.64. The molecule has 2 N–H and O–H groups in total. The van der Waals surface area contributed by atoms with Gasteiger partial charge in [0, 0.05) is 18.3 Å². The standard InChI is InChI=1S/C14H22FN3S/c1-4-16-14(17-9-11(2)19-3)18-10-12-5-7-13(15)8-6-12/h5-8,11H,4,9-10H2,1-3H3,(H2,16,17,18). The van der Waals surface area contributed by atoms with Crippen LogP contribution in [0.4, 0.5) is 4.39 Å². The molecule has 106 valence electrons. The van der Waals surface area contributed by atoms with Gasteiger partial charge in [0.15, 0.2) is 5.96 Å². The molecule has 5 heteroatoms. The molecule has 1 rings (SSSR count). The van der Waals surface area contributed by atoms with Crippen molar-refractivity contribution in [3.05, 3.63) is 35.6 Å². The maximum Gasteiger partial charge on any atom is 0.191 e. The van der Waals surface area contributed by atoms with Crippen LogP contribution >= 0.6 is 11.8 Å². The molecule has 0 amide bonds. The number of benzene rings is 1.